The largest absolute Gasteiger partial charge is 0.352 e. The highest BCUT2D eigenvalue weighted by molar-refractivity contribution is 5.85. The summed E-state index contributed by atoms with van der Waals surface area (Å²) >= 11 is 0. The van der Waals surface area contributed by atoms with Crippen molar-refractivity contribution in [3.63, 3.8) is 0 Å². The second kappa shape index (κ2) is 2.84. The molecule has 1 saturated carbocycles. The standard InChI is InChI=1S/C9H15NO/c11-9-7-5-3-1-2-4-6-8(7)10-9/h7-8H,1-6H2,(H,10,11)/t7?,8-/m1/s1. The summed E-state index contributed by atoms with van der Waals surface area (Å²) in [4.78, 5) is 11.0. The molecular formula is C9H15NO. The molecule has 2 aliphatic rings. The van der Waals surface area contributed by atoms with E-state index in [4.69, 9.17) is 0 Å². The maximum absolute atomic E-state index is 11.0. The van der Waals surface area contributed by atoms with Gasteiger partial charge in [-0.1, -0.05) is 25.7 Å². The Morgan fingerprint density at radius 1 is 1.09 bits per heavy atom. The average molecular weight is 153 g/mol. The zero-order chi connectivity index (χ0) is 7.68. The van der Waals surface area contributed by atoms with Crippen molar-refractivity contribution in [2.45, 2.75) is 44.6 Å². The van der Waals surface area contributed by atoms with Crippen LogP contribution in [0.15, 0.2) is 0 Å². The first-order valence-electron chi connectivity index (χ1n) is 4.68. The molecule has 2 fully saturated rings. The third-order valence-electron chi connectivity index (χ3n) is 2.93. The van der Waals surface area contributed by atoms with Crippen molar-refractivity contribution in [2.24, 2.45) is 5.92 Å². The Morgan fingerprint density at radius 3 is 2.55 bits per heavy atom. The molecule has 2 heteroatoms. The second-order valence-corrected chi connectivity index (χ2v) is 3.71. The van der Waals surface area contributed by atoms with Crippen LogP contribution in [0.5, 0.6) is 0 Å². The average Bonchev–Trinajstić information content (AvgIpc) is 1.96. The molecule has 0 radical (unpaired) electrons. The molecule has 0 aromatic heterocycles. The topological polar surface area (TPSA) is 29.1 Å². The van der Waals surface area contributed by atoms with Crippen molar-refractivity contribution < 1.29 is 4.79 Å². The van der Waals surface area contributed by atoms with Crippen LogP contribution >= 0.6 is 0 Å². The van der Waals surface area contributed by atoms with E-state index < -0.39 is 0 Å². The van der Waals surface area contributed by atoms with Gasteiger partial charge in [-0.3, -0.25) is 4.79 Å². The quantitative estimate of drug-likeness (QED) is 0.524. The fourth-order valence-electron chi connectivity index (χ4n) is 2.16. The number of carbonyl (C=O) groups is 1. The number of hydrogen-bond donors (Lipinski definition) is 1. The minimum Gasteiger partial charge on any atom is -0.352 e. The van der Waals surface area contributed by atoms with Crippen LogP contribution in [0, 0.1) is 5.92 Å². The summed E-state index contributed by atoms with van der Waals surface area (Å²) in [6.07, 6.45) is 7.61. The maximum atomic E-state index is 11.0. The molecular weight excluding hydrogens is 138 g/mol. The van der Waals surface area contributed by atoms with Gasteiger partial charge in [0, 0.05) is 6.04 Å². The Bertz CT molecular complexity index is 167. The van der Waals surface area contributed by atoms with E-state index in [1.54, 1.807) is 0 Å². The third kappa shape index (κ3) is 1.26. The highest BCUT2D eigenvalue weighted by atomic mass is 16.2. The van der Waals surface area contributed by atoms with Crippen molar-refractivity contribution >= 4 is 5.91 Å². The number of hydrogen-bond acceptors (Lipinski definition) is 1. The van der Waals surface area contributed by atoms with E-state index in [0.717, 1.165) is 6.42 Å². The van der Waals surface area contributed by atoms with E-state index in [1.807, 2.05) is 0 Å². The fraction of sp³-hybridized carbons (Fsp3) is 0.889. The van der Waals surface area contributed by atoms with Crippen molar-refractivity contribution in [1.82, 2.24) is 5.32 Å². The summed E-state index contributed by atoms with van der Waals surface area (Å²) in [5.74, 6) is 0.687. The van der Waals surface area contributed by atoms with Crippen LogP contribution in [-0.4, -0.2) is 11.9 Å². The number of β-lactam (4-membered cyclic amide) rings is 1. The lowest BCUT2D eigenvalue weighted by atomic mass is 9.81. The lowest BCUT2D eigenvalue weighted by Crippen LogP contribution is -2.58. The Labute approximate surface area is 67.4 Å². The van der Waals surface area contributed by atoms with Crippen molar-refractivity contribution in [2.75, 3.05) is 0 Å². The smallest absolute Gasteiger partial charge is 0.225 e. The highest BCUT2D eigenvalue weighted by Crippen LogP contribution is 2.28. The van der Waals surface area contributed by atoms with Gasteiger partial charge in [0.15, 0.2) is 0 Å². The molecule has 1 N–H and O–H groups in total. The van der Waals surface area contributed by atoms with E-state index in [9.17, 15) is 4.79 Å². The second-order valence-electron chi connectivity index (χ2n) is 3.71. The highest BCUT2D eigenvalue weighted by Gasteiger charge is 2.38. The maximum Gasteiger partial charge on any atom is 0.225 e. The molecule has 2 rings (SSSR count). The first kappa shape index (κ1) is 7.14. The number of rotatable bonds is 0. The van der Waals surface area contributed by atoms with Gasteiger partial charge in [0.05, 0.1) is 5.92 Å². The molecule has 1 amide bonds. The van der Waals surface area contributed by atoms with E-state index in [-0.39, 0.29) is 0 Å². The van der Waals surface area contributed by atoms with Gasteiger partial charge in [-0.15, -0.1) is 0 Å². The zero-order valence-electron chi connectivity index (χ0n) is 6.81. The van der Waals surface area contributed by atoms with Crippen molar-refractivity contribution in [1.29, 1.82) is 0 Å². The molecule has 62 valence electrons. The fourth-order valence-corrected chi connectivity index (χ4v) is 2.16. The molecule has 1 aliphatic heterocycles. The number of nitrogens with one attached hydrogen (secondary N) is 1. The monoisotopic (exact) mass is 153 g/mol. The van der Waals surface area contributed by atoms with Crippen LogP contribution in [0.3, 0.4) is 0 Å². The summed E-state index contributed by atoms with van der Waals surface area (Å²) in [5, 5.41) is 2.97. The summed E-state index contributed by atoms with van der Waals surface area (Å²) in [7, 11) is 0. The molecule has 0 bridgehead atoms. The number of fused-ring (bicyclic) bond motifs is 1. The molecule has 0 aromatic carbocycles. The normalized spacial score (nSPS) is 37.6. The zero-order valence-corrected chi connectivity index (χ0v) is 6.81. The van der Waals surface area contributed by atoms with Gasteiger partial charge < -0.3 is 5.32 Å². The van der Waals surface area contributed by atoms with Crippen LogP contribution < -0.4 is 5.32 Å². The van der Waals surface area contributed by atoms with Gasteiger partial charge in [-0.2, -0.15) is 0 Å². The molecule has 2 atom stereocenters. The first-order valence-corrected chi connectivity index (χ1v) is 4.68. The van der Waals surface area contributed by atoms with Gasteiger partial charge in [0.25, 0.3) is 0 Å². The molecule has 1 aliphatic carbocycles. The van der Waals surface area contributed by atoms with Gasteiger partial charge in [0.2, 0.25) is 5.91 Å². The molecule has 11 heavy (non-hydrogen) atoms. The van der Waals surface area contributed by atoms with Crippen molar-refractivity contribution in [3.8, 4) is 0 Å². The summed E-state index contributed by atoms with van der Waals surface area (Å²) in [5.41, 5.74) is 0. The summed E-state index contributed by atoms with van der Waals surface area (Å²) in [6, 6.07) is 0.544. The van der Waals surface area contributed by atoms with Crippen LogP contribution in [0.1, 0.15) is 38.5 Å². The van der Waals surface area contributed by atoms with Crippen LogP contribution in [0.2, 0.25) is 0 Å². The molecule has 1 unspecified atom stereocenters. The molecule has 0 aromatic rings. The van der Waals surface area contributed by atoms with Crippen molar-refractivity contribution in [3.05, 3.63) is 0 Å². The first-order chi connectivity index (χ1) is 5.38. The lowest BCUT2D eigenvalue weighted by Gasteiger charge is -2.38. The SMILES string of the molecule is O=C1N[C@@H]2CCCCCCC12. The summed E-state index contributed by atoms with van der Waals surface area (Å²) in [6.45, 7) is 0. The lowest BCUT2D eigenvalue weighted by molar-refractivity contribution is -0.135. The van der Waals surface area contributed by atoms with Gasteiger partial charge in [-0.05, 0) is 12.8 Å². The minimum atomic E-state index is 0.303. The molecule has 0 spiro atoms. The van der Waals surface area contributed by atoms with Gasteiger partial charge in [-0.25, -0.2) is 0 Å². The summed E-state index contributed by atoms with van der Waals surface area (Å²) < 4.78 is 0. The van der Waals surface area contributed by atoms with Crippen LogP contribution in [0.25, 0.3) is 0 Å². The van der Waals surface area contributed by atoms with E-state index in [1.165, 1.54) is 32.1 Å². The van der Waals surface area contributed by atoms with Gasteiger partial charge in [0.1, 0.15) is 0 Å². The third-order valence-corrected chi connectivity index (χ3v) is 2.93. The minimum absolute atomic E-state index is 0.303. The number of amides is 1. The van der Waals surface area contributed by atoms with Crippen LogP contribution in [0.4, 0.5) is 0 Å². The van der Waals surface area contributed by atoms with Gasteiger partial charge >= 0.3 is 0 Å². The predicted molar refractivity (Wildman–Crippen MR) is 43.1 cm³/mol. The Kier molecular flexibility index (Phi) is 1.84. The Hall–Kier alpha value is -0.530. The molecule has 2 nitrogen and oxygen atoms in total. The van der Waals surface area contributed by atoms with E-state index >= 15 is 0 Å². The number of carbonyl (C=O) groups excluding carboxylic acids is 1. The molecule has 1 heterocycles. The Morgan fingerprint density at radius 2 is 1.82 bits per heavy atom. The van der Waals surface area contributed by atoms with Crippen LogP contribution in [-0.2, 0) is 4.79 Å². The van der Waals surface area contributed by atoms with E-state index in [2.05, 4.69) is 5.32 Å². The molecule has 1 saturated heterocycles. The van der Waals surface area contributed by atoms with E-state index in [0.29, 0.717) is 17.9 Å². The Balaban J connectivity index is 1.92. The predicted octanol–water partition coefficient (Wildman–Crippen LogP) is 1.46.